The molecule has 2 nitrogen and oxygen atoms in total. The van der Waals surface area contributed by atoms with Gasteiger partial charge in [-0.05, 0) is 36.3 Å². The molecule has 86 valence electrons. The molecule has 0 amide bonds. The summed E-state index contributed by atoms with van der Waals surface area (Å²) in [6.45, 7) is 3.75. The van der Waals surface area contributed by atoms with Crippen LogP contribution in [0.1, 0.15) is 48.8 Å². The Morgan fingerprint density at radius 2 is 2.06 bits per heavy atom. The van der Waals surface area contributed by atoms with Crippen LogP contribution in [0.3, 0.4) is 0 Å². The zero-order chi connectivity index (χ0) is 11.4. The summed E-state index contributed by atoms with van der Waals surface area (Å²) >= 11 is 0. The van der Waals surface area contributed by atoms with Gasteiger partial charge in [0.1, 0.15) is 0 Å². The van der Waals surface area contributed by atoms with Gasteiger partial charge in [-0.2, -0.15) is 0 Å². The summed E-state index contributed by atoms with van der Waals surface area (Å²) in [5.74, 6) is 6.33. The molecule has 0 radical (unpaired) electrons. The molecule has 1 aliphatic rings. The zero-order valence-electron chi connectivity index (χ0n) is 9.65. The van der Waals surface area contributed by atoms with E-state index in [1.54, 1.807) is 0 Å². The van der Waals surface area contributed by atoms with Gasteiger partial charge in [0.2, 0.25) is 0 Å². The minimum absolute atomic E-state index is 0.188. The van der Waals surface area contributed by atoms with Crippen LogP contribution in [0.2, 0.25) is 0 Å². The van der Waals surface area contributed by atoms with Gasteiger partial charge in [0, 0.05) is 6.04 Å². The van der Waals surface area contributed by atoms with Crippen molar-refractivity contribution in [2.45, 2.75) is 37.6 Å². The highest BCUT2D eigenvalue weighted by Crippen LogP contribution is 2.36. The van der Waals surface area contributed by atoms with Crippen LogP contribution in [0.15, 0.2) is 36.9 Å². The molecule has 0 saturated heterocycles. The van der Waals surface area contributed by atoms with Crippen LogP contribution < -0.4 is 11.3 Å². The van der Waals surface area contributed by atoms with Crippen molar-refractivity contribution in [3.05, 3.63) is 48.0 Å². The molecule has 1 atom stereocenters. The third kappa shape index (κ3) is 2.34. The maximum atomic E-state index is 5.53. The van der Waals surface area contributed by atoms with Crippen molar-refractivity contribution in [3.8, 4) is 0 Å². The molecule has 2 rings (SSSR count). The van der Waals surface area contributed by atoms with Gasteiger partial charge in [-0.15, -0.1) is 6.58 Å². The smallest absolute Gasteiger partial charge is 0.0494 e. The Labute approximate surface area is 97.5 Å². The van der Waals surface area contributed by atoms with Gasteiger partial charge >= 0.3 is 0 Å². The Morgan fingerprint density at radius 3 is 2.50 bits per heavy atom. The molecule has 3 N–H and O–H groups in total. The van der Waals surface area contributed by atoms with E-state index in [2.05, 4.69) is 36.3 Å². The highest BCUT2D eigenvalue weighted by atomic mass is 15.2. The highest BCUT2D eigenvalue weighted by Gasteiger charge is 2.19. The van der Waals surface area contributed by atoms with Crippen molar-refractivity contribution in [2.75, 3.05) is 0 Å². The van der Waals surface area contributed by atoms with Crippen LogP contribution >= 0.6 is 0 Å². The number of nitrogens with two attached hydrogens (primary N) is 1. The Hall–Kier alpha value is -1.12. The summed E-state index contributed by atoms with van der Waals surface area (Å²) in [5, 5.41) is 0. The first-order valence-electron chi connectivity index (χ1n) is 6.02. The van der Waals surface area contributed by atoms with Crippen molar-refractivity contribution in [2.24, 2.45) is 5.84 Å². The maximum absolute atomic E-state index is 5.53. The first kappa shape index (κ1) is 11.4. The molecule has 1 aliphatic carbocycles. The van der Waals surface area contributed by atoms with Gasteiger partial charge < -0.3 is 0 Å². The summed E-state index contributed by atoms with van der Waals surface area (Å²) in [5.41, 5.74) is 5.54. The standard InChI is InChI=1S/C14H20N2/c1-2-4-14(16-15)13-9-7-12(8-10-13)11-5-3-6-11/h2,7-11,14,16H,1,3-6,15H2. The molecule has 16 heavy (non-hydrogen) atoms. The van der Waals surface area contributed by atoms with E-state index in [0.717, 1.165) is 12.3 Å². The fraction of sp³-hybridized carbons (Fsp3) is 0.429. The lowest BCUT2D eigenvalue weighted by Crippen LogP contribution is -2.27. The molecule has 1 fully saturated rings. The monoisotopic (exact) mass is 216 g/mol. The van der Waals surface area contributed by atoms with Gasteiger partial charge in [0.15, 0.2) is 0 Å². The molecule has 0 bridgehead atoms. The van der Waals surface area contributed by atoms with E-state index in [-0.39, 0.29) is 6.04 Å². The average molecular weight is 216 g/mol. The van der Waals surface area contributed by atoms with Gasteiger partial charge in [-0.3, -0.25) is 11.3 Å². The molecular weight excluding hydrogens is 196 g/mol. The van der Waals surface area contributed by atoms with Crippen LogP contribution in [0, 0.1) is 0 Å². The average Bonchev–Trinajstić information content (AvgIpc) is 2.25. The Balaban J connectivity index is 2.07. The molecule has 1 aromatic carbocycles. The van der Waals surface area contributed by atoms with E-state index < -0.39 is 0 Å². The lowest BCUT2D eigenvalue weighted by molar-refractivity contribution is 0.419. The topological polar surface area (TPSA) is 38.0 Å². The predicted molar refractivity (Wildman–Crippen MR) is 67.9 cm³/mol. The summed E-state index contributed by atoms with van der Waals surface area (Å²) < 4.78 is 0. The van der Waals surface area contributed by atoms with Gasteiger partial charge in [0.05, 0.1) is 0 Å². The fourth-order valence-corrected chi connectivity index (χ4v) is 2.21. The molecule has 0 aromatic heterocycles. The predicted octanol–water partition coefficient (Wildman–Crippen LogP) is 3.03. The number of rotatable bonds is 5. The third-order valence-corrected chi connectivity index (χ3v) is 3.52. The number of nitrogens with one attached hydrogen (secondary N) is 1. The van der Waals surface area contributed by atoms with Crippen molar-refractivity contribution >= 4 is 0 Å². The molecule has 1 saturated carbocycles. The summed E-state index contributed by atoms with van der Waals surface area (Å²) in [6, 6.07) is 9.04. The molecule has 0 aliphatic heterocycles. The summed E-state index contributed by atoms with van der Waals surface area (Å²) in [4.78, 5) is 0. The summed E-state index contributed by atoms with van der Waals surface area (Å²) in [7, 11) is 0. The Morgan fingerprint density at radius 1 is 1.38 bits per heavy atom. The van der Waals surface area contributed by atoms with Crippen LogP contribution in [0.25, 0.3) is 0 Å². The third-order valence-electron chi connectivity index (χ3n) is 3.52. The molecule has 0 heterocycles. The van der Waals surface area contributed by atoms with Gasteiger partial charge in [-0.1, -0.05) is 36.8 Å². The second-order valence-electron chi connectivity index (χ2n) is 4.54. The van der Waals surface area contributed by atoms with E-state index in [9.17, 15) is 0 Å². The van der Waals surface area contributed by atoms with E-state index in [1.807, 2.05) is 6.08 Å². The van der Waals surface area contributed by atoms with Crippen molar-refractivity contribution in [3.63, 3.8) is 0 Å². The SMILES string of the molecule is C=CCC(NN)c1ccc(C2CCC2)cc1. The first-order chi connectivity index (χ1) is 7.85. The maximum Gasteiger partial charge on any atom is 0.0494 e. The minimum atomic E-state index is 0.188. The van der Waals surface area contributed by atoms with E-state index in [1.165, 1.54) is 30.4 Å². The molecule has 2 heteroatoms. The molecule has 1 aromatic rings. The fourth-order valence-electron chi connectivity index (χ4n) is 2.21. The van der Waals surface area contributed by atoms with Crippen molar-refractivity contribution in [1.29, 1.82) is 0 Å². The zero-order valence-corrected chi connectivity index (χ0v) is 9.65. The largest absolute Gasteiger partial charge is 0.271 e. The first-order valence-corrected chi connectivity index (χ1v) is 6.02. The van der Waals surface area contributed by atoms with Gasteiger partial charge in [-0.25, -0.2) is 0 Å². The van der Waals surface area contributed by atoms with E-state index in [4.69, 9.17) is 5.84 Å². The minimum Gasteiger partial charge on any atom is -0.271 e. The van der Waals surface area contributed by atoms with Gasteiger partial charge in [0.25, 0.3) is 0 Å². The summed E-state index contributed by atoms with van der Waals surface area (Å²) in [6.07, 6.45) is 6.84. The van der Waals surface area contributed by atoms with Crippen LogP contribution in [-0.2, 0) is 0 Å². The molecular formula is C14H20N2. The molecule has 0 spiro atoms. The second-order valence-corrected chi connectivity index (χ2v) is 4.54. The van der Waals surface area contributed by atoms with E-state index >= 15 is 0 Å². The number of benzene rings is 1. The number of hydrazine groups is 1. The lowest BCUT2D eigenvalue weighted by atomic mass is 9.80. The van der Waals surface area contributed by atoms with Crippen molar-refractivity contribution in [1.82, 2.24) is 5.43 Å². The molecule has 1 unspecified atom stereocenters. The Kier molecular flexibility index (Phi) is 3.75. The van der Waals surface area contributed by atoms with Crippen LogP contribution in [0.4, 0.5) is 0 Å². The normalized spacial score (nSPS) is 17.8. The lowest BCUT2D eigenvalue weighted by Gasteiger charge is -2.26. The van der Waals surface area contributed by atoms with Crippen molar-refractivity contribution < 1.29 is 0 Å². The number of hydrogen-bond acceptors (Lipinski definition) is 2. The van der Waals surface area contributed by atoms with E-state index in [0.29, 0.717) is 0 Å². The van der Waals surface area contributed by atoms with Crippen LogP contribution in [-0.4, -0.2) is 0 Å². The quantitative estimate of drug-likeness (QED) is 0.451. The highest BCUT2D eigenvalue weighted by molar-refractivity contribution is 5.28. The number of hydrogen-bond donors (Lipinski definition) is 2. The second kappa shape index (κ2) is 5.28. The Bertz CT molecular complexity index is 338. The van der Waals surface area contributed by atoms with Crippen LogP contribution in [0.5, 0.6) is 0 Å².